The van der Waals surface area contributed by atoms with Crippen LogP contribution in [-0.4, -0.2) is 68.3 Å². The standard InChI is InChI=1S/C47H90NO8P/c1-5-7-9-11-13-15-17-19-21-23-25-27-29-31-33-35-37-39-46(49)53-43-45(44-55-57(51,52)54-42-41-48(3)4)56-47(50)40-38-36-34-32-30-28-26-24-22-20-18-16-14-12-10-8-6-2/h13,15,19,21,45H,5-12,14,16-18,20,22-44H2,1-4H3,(H,51,52)/b15-13-,21-19-. The van der Waals surface area contributed by atoms with E-state index in [1.54, 1.807) is 0 Å². The lowest BCUT2D eigenvalue weighted by molar-refractivity contribution is -0.161. The number of ether oxygens (including phenoxy) is 2. The van der Waals surface area contributed by atoms with E-state index in [9.17, 15) is 19.0 Å². The van der Waals surface area contributed by atoms with Crippen LogP contribution in [0.15, 0.2) is 24.3 Å². The number of likely N-dealkylation sites (N-methyl/N-ethyl adjacent to an activating group) is 1. The average Bonchev–Trinajstić information content (AvgIpc) is 3.18. The second kappa shape index (κ2) is 42.6. The van der Waals surface area contributed by atoms with Crippen LogP contribution in [0.3, 0.4) is 0 Å². The number of phosphoric acid groups is 1. The summed E-state index contributed by atoms with van der Waals surface area (Å²) in [5, 5.41) is 0. The second-order valence-electron chi connectivity index (χ2n) is 16.3. The van der Waals surface area contributed by atoms with Crippen molar-refractivity contribution in [2.75, 3.05) is 40.5 Å². The number of allylic oxidation sites excluding steroid dienone is 4. The number of phosphoric ester groups is 1. The van der Waals surface area contributed by atoms with E-state index in [0.29, 0.717) is 13.0 Å². The minimum atomic E-state index is -4.36. The lowest BCUT2D eigenvalue weighted by Gasteiger charge is -2.20. The smallest absolute Gasteiger partial charge is 0.462 e. The van der Waals surface area contributed by atoms with Gasteiger partial charge in [-0.3, -0.25) is 18.6 Å². The van der Waals surface area contributed by atoms with Crippen LogP contribution in [0.5, 0.6) is 0 Å². The van der Waals surface area contributed by atoms with Gasteiger partial charge in [-0.15, -0.1) is 0 Å². The molecule has 336 valence electrons. The van der Waals surface area contributed by atoms with Crippen LogP contribution in [0.4, 0.5) is 0 Å². The molecular weight excluding hydrogens is 737 g/mol. The Kier molecular flexibility index (Phi) is 41.5. The van der Waals surface area contributed by atoms with Crippen LogP contribution in [-0.2, 0) is 32.7 Å². The summed E-state index contributed by atoms with van der Waals surface area (Å²) >= 11 is 0. The predicted octanol–water partition coefficient (Wildman–Crippen LogP) is 13.8. The summed E-state index contributed by atoms with van der Waals surface area (Å²) < 4.78 is 33.5. The molecule has 0 aromatic heterocycles. The van der Waals surface area contributed by atoms with Crippen LogP contribution < -0.4 is 0 Å². The van der Waals surface area contributed by atoms with E-state index in [2.05, 4.69) is 38.2 Å². The van der Waals surface area contributed by atoms with Crippen molar-refractivity contribution in [3.05, 3.63) is 24.3 Å². The molecule has 0 amide bonds. The Bertz CT molecular complexity index is 1000. The molecule has 0 aliphatic rings. The van der Waals surface area contributed by atoms with Crippen LogP contribution in [0.2, 0.25) is 0 Å². The second-order valence-corrected chi connectivity index (χ2v) is 17.7. The molecule has 0 rings (SSSR count). The molecule has 1 N–H and O–H groups in total. The summed E-state index contributed by atoms with van der Waals surface area (Å²) in [5.41, 5.74) is 0. The third-order valence-corrected chi connectivity index (χ3v) is 11.2. The number of unbranched alkanes of at least 4 members (excludes halogenated alkanes) is 26. The third kappa shape index (κ3) is 43.9. The minimum absolute atomic E-state index is 0.00817. The van der Waals surface area contributed by atoms with Gasteiger partial charge in [0.1, 0.15) is 6.61 Å². The maximum atomic E-state index is 12.7. The molecule has 0 aromatic carbocycles. The molecule has 0 radical (unpaired) electrons. The zero-order valence-corrected chi connectivity index (χ0v) is 38.4. The molecular formula is C47H90NO8P. The van der Waals surface area contributed by atoms with Gasteiger partial charge in [-0.2, -0.15) is 0 Å². The number of hydrogen-bond acceptors (Lipinski definition) is 8. The molecule has 0 aromatic rings. The van der Waals surface area contributed by atoms with Gasteiger partial charge in [-0.05, 0) is 59.0 Å². The number of carbonyl (C=O) groups is 2. The summed E-state index contributed by atoms with van der Waals surface area (Å²) in [7, 11) is -0.708. The predicted molar refractivity (Wildman–Crippen MR) is 238 cm³/mol. The van der Waals surface area contributed by atoms with Gasteiger partial charge < -0.3 is 19.3 Å². The Hall–Kier alpha value is -1.51. The van der Waals surface area contributed by atoms with Crippen LogP contribution in [0.25, 0.3) is 0 Å². The molecule has 9 nitrogen and oxygen atoms in total. The number of esters is 2. The van der Waals surface area contributed by atoms with Crippen LogP contribution in [0.1, 0.15) is 219 Å². The molecule has 2 unspecified atom stereocenters. The quantitative estimate of drug-likeness (QED) is 0.0278. The van der Waals surface area contributed by atoms with Gasteiger partial charge in [0.25, 0.3) is 0 Å². The molecule has 0 heterocycles. The molecule has 0 fully saturated rings. The highest BCUT2D eigenvalue weighted by Crippen LogP contribution is 2.43. The molecule has 10 heteroatoms. The SMILES string of the molecule is CCCCC/C=C\C/C=C\CCCCCCCCCC(=O)OCC(COP(=O)(O)OCCN(C)C)OC(=O)CCCCCCCCCCCCCCCCCCC. The van der Waals surface area contributed by atoms with Gasteiger partial charge in [0.15, 0.2) is 6.10 Å². The van der Waals surface area contributed by atoms with Gasteiger partial charge in [0.2, 0.25) is 0 Å². The molecule has 0 aliphatic heterocycles. The fourth-order valence-electron chi connectivity index (χ4n) is 6.60. The van der Waals surface area contributed by atoms with Gasteiger partial charge >= 0.3 is 19.8 Å². The molecule has 0 saturated heterocycles. The van der Waals surface area contributed by atoms with E-state index >= 15 is 0 Å². The van der Waals surface area contributed by atoms with Crippen molar-refractivity contribution < 1.29 is 37.6 Å². The summed E-state index contributed by atoms with van der Waals surface area (Å²) in [6.07, 6.45) is 45.0. The first-order chi connectivity index (χ1) is 27.7. The fraction of sp³-hybridized carbons (Fsp3) is 0.872. The lowest BCUT2D eigenvalue weighted by atomic mass is 10.0. The van der Waals surface area contributed by atoms with Gasteiger partial charge in [0, 0.05) is 19.4 Å². The Labute approximate surface area is 351 Å². The van der Waals surface area contributed by atoms with E-state index < -0.39 is 26.5 Å². The van der Waals surface area contributed by atoms with Crippen molar-refractivity contribution in [3.63, 3.8) is 0 Å². The summed E-state index contributed by atoms with van der Waals surface area (Å²) in [5.74, 6) is -0.801. The minimum Gasteiger partial charge on any atom is -0.462 e. The van der Waals surface area contributed by atoms with Gasteiger partial charge in [-0.25, -0.2) is 4.57 Å². The third-order valence-electron chi connectivity index (χ3n) is 10.3. The zero-order valence-electron chi connectivity index (χ0n) is 37.5. The highest BCUT2D eigenvalue weighted by Gasteiger charge is 2.26. The Morgan fingerprint density at radius 2 is 0.947 bits per heavy atom. The van der Waals surface area contributed by atoms with E-state index in [1.165, 1.54) is 135 Å². The monoisotopic (exact) mass is 828 g/mol. The summed E-state index contributed by atoms with van der Waals surface area (Å²) in [4.78, 5) is 37.1. The highest BCUT2D eigenvalue weighted by molar-refractivity contribution is 7.47. The van der Waals surface area contributed by atoms with Gasteiger partial charge in [-0.1, -0.05) is 186 Å². The Morgan fingerprint density at radius 1 is 0.544 bits per heavy atom. The van der Waals surface area contributed by atoms with Crippen molar-refractivity contribution in [3.8, 4) is 0 Å². The first-order valence-corrected chi connectivity index (χ1v) is 25.1. The van der Waals surface area contributed by atoms with E-state index in [1.807, 2.05) is 19.0 Å². The van der Waals surface area contributed by atoms with Crippen molar-refractivity contribution in [2.45, 2.75) is 225 Å². The molecule has 2 atom stereocenters. The van der Waals surface area contributed by atoms with E-state index in [4.69, 9.17) is 18.5 Å². The molecule has 57 heavy (non-hydrogen) atoms. The average molecular weight is 828 g/mol. The van der Waals surface area contributed by atoms with Crippen molar-refractivity contribution in [2.24, 2.45) is 0 Å². The van der Waals surface area contributed by atoms with E-state index in [-0.39, 0.29) is 32.0 Å². The van der Waals surface area contributed by atoms with E-state index in [0.717, 1.165) is 51.4 Å². The largest absolute Gasteiger partial charge is 0.472 e. The first-order valence-electron chi connectivity index (χ1n) is 23.6. The molecule has 0 aliphatic carbocycles. The Balaban J connectivity index is 4.23. The summed E-state index contributed by atoms with van der Waals surface area (Å²) in [6.45, 7) is 4.32. The maximum Gasteiger partial charge on any atom is 0.472 e. The fourth-order valence-corrected chi connectivity index (χ4v) is 7.34. The number of hydrogen-bond donors (Lipinski definition) is 1. The van der Waals surface area contributed by atoms with Crippen molar-refractivity contribution in [1.29, 1.82) is 0 Å². The number of rotatable bonds is 44. The molecule has 0 saturated carbocycles. The number of carbonyl (C=O) groups excluding carboxylic acids is 2. The normalized spacial score (nSPS) is 13.5. The Morgan fingerprint density at radius 3 is 1.42 bits per heavy atom. The lowest BCUT2D eigenvalue weighted by Crippen LogP contribution is -2.29. The first kappa shape index (κ1) is 55.5. The van der Waals surface area contributed by atoms with Crippen LogP contribution >= 0.6 is 7.82 Å². The van der Waals surface area contributed by atoms with Crippen molar-refractivity contribution >= 4 is 19.8 Å². The van der Waals surface area contributed by atoms with Crippen molar-refractivity contribution in [1.82, 2.24) is 4.90 Å². The highest BCUT2D eigenvalue weighted by atomic mass is 31.2. The zero-order chi connectivity index (χ0) is 41.9. The van der Waals surface area contributed by atoms with Gasteiger partial charge in [0.05, 0.1) is 13.2 Å². The molecule has 0 spiro atoms. The molecule has 0 bridgehead atoms. The maximum absolute atomic E-state index is 12.7. The summed E-state index contributed by atoms with van der Waals surface area (Å²) in [6, 6.07) is 0. The topological polar surface area (TPSA) is 112 Å². The van der Waals surface area contributed by atoms with Crippen LogP contribution in [0, 0.1) is 0 Å². The number of nitrogens with zero attached hydrogens (tertiary/aromatic N) is 1.